The highest BCUT2D eigenvalue weighted by molar-refractivity contribution is 9.10. The van der Waals surface area contributed by atoms with Gasteiger partial charge in [0.1, 0.15) is 13.2 Å². The van der Waals surface area contributed by atoms with Crippen LogP contribution >= 0.6 is 15.9 Å². The van der Waals surface area contributed by atoms with Crippen LogP contribution in [0, 0.1) is 0 Å². The van der Waals surface area contributed by atoms with E-state index in [0.717, 1.165) is 29.1 Å². The lowest BCUT2D eigenvalue weighted by molar-refractivity contribution is 0.170. The van der Waals surface area contributed by atoms with Crippen LogP contribution in [0.4, 0.5) is 0 Å². The Morgan fingerprint density at radius 3 is 2.95 bits per heavy atom. The van der Waals surface area contributed by atoms with Gasteiger partial charge in [-0.2, -0.15) is 0 Å². The maximum Gasteiger partial charge on any atom is 0.175 e. The first-order valence-corrected chi connectivity index (χ1v) is 8.09. The van der Waals surface area contributed by atoms with Gasteiger partial charge in [0.25, 0.3) is 0 Å². The zero-order chi connectivity index (χ0) is 13.8. The molecule has 0 unspecified atom stereocenters. The quantitative estimate of drug-likeness (QED) is 0.654. The van der Waals surface area contributed by atoms with E-state index in [9.17, 15) is 0 Å². The Hall–Kier alpha value is -1.00. The van der Waals surface area contributed by atoms with Crippen LogP contribution < -0.4 is 14.8 Å². The van der Waals surface area contributed by atoms with Crippen molar-refractivity contribution in [2.45, 2.75) is 32.2 Å². The van der Waals surface area contributed by atoms with Crippen molar-refractivity contribution in [2.24, 2.45) is 0 Å². The zero-order valence-corrected chi connectivity index (χ0v) is 13.2. The van der Waals surface area contributed by atoms with E-state index < -0.39 is 0 Å². The van der Waals surface area contributed by atoms with Crippen LogP contribution in [0.3, 0.4) is 0 Å². The minimum absolute atomic E-state index is 0.623. The maximum absolute atomic E-state index is 5.64. The third-order valence-electron chi connectivity index (χ3n) is 3.74. The predicted octanol–water partition coefficient (Wildman–Crippen LogP) is 3.81. The minimum atomic E-state index is 0.623. The summed E-state index contributed by atoms with van der Waals surface area (Å²) < 4.78 is 12.2. The number of fused-ring (bicyclic) bond motifs is 1. The summed E-state index contributed by atoms with van der Waals surface area (Å²) in [5.41, 5.74) is 2.84. The van der Waals surface area contributed by atoms with E-state index in [1.54, 1.807) is 5.57 Å². The Morgan fingerprint density at radius 2 is 2.10 bits per heavy atom. The molecule has 1 heterocycles. The third-order valence-corrected chi connectivity index (χ3v) is 4.33. The number of halogens is 1. The molecule has 4 heteroatoms. The number of ether oxygens (including phenoxy) is 2. The molecule has 0 spiro atoms. The van der Waals surface area contributed by atoms with Gasteiger partial charge < -0.3 is 14.8 Å². The monoisotopic (exact) mass is 337 g/mol. The minimum Gasteiger partial charge on any atom is -0.486 e. The molecule has 1 aliphatic heterocycles. The van der Waals surface area contributed by atoms with Gasteiger partial charge in [-0.1, -0.05) is 11.6 Å². The number of benzene rings is 1. The standard InChI is InChI=1S/C16H20BrNO2/c17-14-9-13(10-15-16(14)20-8-7-19-15)11-18-6-5-12-3-1-2-4-12/h3,9-10,18H,1-2,4-8,11H2. The van der Waals surface area contributed by atoms with Gasteiger partial charge in [0.2, 0.25) is 0 Å². The Morgan fingerprint density at radius 1 is 1.20 bits per heavy atom. The van der Waals surface area contributed by atoms with E-state index in [0.29, 0.717) is 13.2 Å². The first-order chi connectivity index (χ1) is 9.83. The lowest BCUT2D eigenvalue weighted by Gasteiger charge is -2.20. The number of nitrogens with one attached hydrogen (secondary N) is 1. The molecule has 1 aliphatic carbocycles. The fourth-order valence-electron chi connectivity index (χ4n) is 2.71. The van der Waals surface area contributed by atoms with Gasteiger partial charge in [-0.05, 0) is 65.9 Å². The van der Waals surface area contributed by atoms with Gasteiger partial charge in [0.05, 0.1) is 4.47 Å². The molecule has 2 aliphatic rings. The number of hydrogen-bond donors (Lipinski definition) is 1. The van der Waals surface area contributed by atoms with Gasteiger partial charge >= 0.3 is 0 Å². The van der Waals surface area contributed by atoms with Crippen molar-refractivity contribution >= 4 is 15.9 Å². The smallest absolute Gasteiger partial charge is 0.175 e. The summed E-state index contributed by atoms with van der Waals surface area (Å²) in [6, 6.07) is 4.18. The number of rotatable bonds is 5. The van der Waals surface area contributed by atoms with E-state index in [4.69, 9.17) is 9.47 Å². The Labute approximate surface area is 128 Å². The Kier molecular flexibility index (Phi) is 4.63. The number of hydrogen-bond acceptors (Lipinski definition) is 3. The van der Waals surface area contributed by atoms with Crippen LogP contribution in [0.5, 0.6) is 11.5 Å². The molecule has 0 bridgehead atoms. The summed E-state index contributed by atoms with van der Waals surface area (Å²) in [4.78, 5) is 0. The SMILES string of the molecule is Brc1cc(CNCCC2=CCCC2)cc2c1OCCO2. The molecule has 3 rings (SSSR count). The molecule has 108 valence electrons. The Bertz CT molecular complexity index is 513. The van der Waals surface area contributed by atoms with Crippen LogP contribution in [-0.4, -0.2) is 19.8 Å². The van der Waals surface area contributed by atoms with E-state index in [1.807, 2.05) is 0 Å². The van der Waals surface area contributed by atoms with Crippen molar-refractivity contribution in [3.8, 4) is 11.5 Å². The summed E-state index contributed by atoms with van der Waals surface area (Å²) in [6.45, 7) is 3.16. The number of allylic oxidation sites excluding steroid dienone is 1. The molecule has 20 heavy (non-hydrogen) atoms. The normalized spacial score (nSPS) is 17.1. The molecule has 0 radical (unpaired) electrons. The van der Waals surface area contributed by atoms with Gasteiger partial charge in [-0.15, -0.1) is 0 Å². The highest BCUT2D eigenvalue weighted by Gasteiger charge is 2.16. The van der Waals surface area contributed by atoms with E-state index >= 15 is 0 Å². The second-order valence-electron chi connectivity index (χ2n) is 5.28. The van der Waals surface area contributed by atoms with Gasteiger partial charge in [0, 0.05) is 6.54 Å². The average molecular weight is 338 g/mol. The van der Waals surface area contributed by atoms with Crippen molar-refractivity contribution in [1.82, 2.24) is 5.32 Å². The van der Waals surface area contributed by atoms with E-state index in [-0.39, 0.29) is 0 Å². The van der Waals surface area contributed by atoms with Gasteiger partial charge in [-0.3, -0.25) is 0 Å². The summed E-state index contributed by atoms with van der Waals surface area (Å²) in [7, 11) is 0. The van der Waals surface area contributed by atoms with Crippen molar-refractivity contribution in [1.29, 1.82) is 0 Å². The lowest BCUT2D eigenvalue weighted by Crippen LogP contribution is -2.18. The Balaban J connectivity index is 1.53. The van der Waals surface area contributed by atoms with Crippen LogP contribution in [0.25, 0.3) is 0 Å². The molecule has 0 fully saturated rings. The molecule has 0 aromatic heterocycles. The van der Waals surface area contributed by atoms with Crippen LogP contribution in [-0.2, 0) is 6.54 Å². The van der Waals surface area contributed by atoms with Crippen molar-refractivity contribution in [2.75, 3.05) is 19.8 Å². The molecule has 1 aromatic carbocycles. The highest BCUT2D eigenvalue weighted by Crippen LogP contribution is 2.38. The molecule has 3 nitrogen and oxygen atoms in total. The molecule has 0 saturated carbocycles. The van der Waals surface area contributed by atoms with Crippen LogP contribution in [0.1, 0.15) is 31.2 Å². The highest BCUT2D eigenvalue weighted by atomic mass is 79.9. The molecule has 0 amide bonds. The first-order valence-electron chi connectivity index (χ1n) is 7.29. The fourth-order valence-corrected chi connectivity index (χ4v) is 3.32. The van der Waals surface area contributed by atoms with Crippen LogP contribution in [0.15, 0.2) is 28.3 Å². The molecule has 0 atom stereocenters. The van der Waals surface area contributed by atoms with E-state index in [2.05, 4.69) is 39.5 Å². The van der Waals surface area contributed by atoms with Gasteiger partial charge in [0.15, 0.2) is 11.5 Å². The molecular weight excluding hydrogens is 318 g/mol. The van der Waals surface area contributed by atoms with Crippen molar-refractivity contribution < 1.29 is 9.47 Å². The summed E-state index contributed by atoms with van der Waals surface area (Å²) in [6.07, 6.45) is 7.46. The fraction of sp³-hybridized carbons (Fsp3) is 0.500. The molecule has 1 N–H and O–H groups in total. The second kappa shape index (κ2) is 6.64. The molecule has 0 saturated heterocycles. The first kappa shape index (κ1) is 14.0. The summed E-state index contributed by atoms with van der Waals surface area (Å²) in [5.74, 6) is 1.68. The topological polar surface area (TPSA) is 30.5 Å². The van der Waals surface area contributed by atoms with Gasteiger partial charge in [-0.25, -0.2) is 0 Å². The van der Waals surface area contributed by atoms with Crippen molar-refractivity contribution in [3.63, 3.8) is 0 Å². The van der Waals surface area contributed by atoms with Crippen molar-refractivity contribution in [3.05, 3.63) is 33.8 Å². The largest absolute Gasteiger partial charge is 0.486 e. The maximum atomic E-state index is 5.64. The summed E-state index contributed by atoms with van der Waals surface area (Å²) in [5, 5.41) is 3.50. The zero-order valence-electron chi connectivity index (χ0n) is 11.6. The molecule has 1 aromatic rings. The summed E-state index contributed by atoms with van der Waals surface area (Å²) >= 11 is 3.55. The van der Waals surface area contributed by atoms with Crippen LogP contribution in [0.2, 0.25) is 0 Å². The second-order valence-corrected chi connectivity index (χ2v) is 6.14. The predicted molar refractivity (Wildman–Crippen MR) is 83.4 cm³/mol. The van der Waals surface area contributed by atoms with E-state index in [1.165, 1.54) is 31.2 Å². The lowest BCUT2D eigenvalue weighted by atomic mass is 10.1. The third kappa shape index (κ3) is 3.36. The molecular formula is C16H20BrNO2. The average Bonchev–Trinajstić information content (AvgIpc) is 2.97.